The smallest absolute Gasteiger partial charge is 0.317 e. The number of hydrogen-bond donors (Lipinski definition) is 2. The van der Waals surface area contributed by atoms with Crippen molar-refractivity contribution in [2.75, 3.05) is 13.1 Å². The number of carboxylic acids is 1. The molecule has 0 heterocycles. The molecule has 0 aliphatic rings. The first-order chi connectivity index (χ1) is 8.18. The zero-order chi connectivity index (χ0) is 13.1. The summed E-state index contributed by atoms with van der Waals surface area (Å²) < 4.78 is 5.54. The largest absolute Gasteiger partial charge is 0.489 e. The first-order valence-electron chi connectivity index (χ1n) is 5.82. The average molecular weight is 239 g/mol. The van der Waals surface area contributed by atoms with E-state index in [1.807, 2.05) is 51.1 Å². The van der Waals surface area contributed by atoms with Crippen LogP contribution in [-0.2, 0) is 4.79 Å². The SMILES string of the molecule is CC.CC(CNCC(=O)O)Oc1ccccc1. The number of rotatable bonds is 6. The highest BCUT2D eigenvalue weighted by atomic mass is 16.5. The summed E-state index contributed by atoms with van der Waals surface area (Å²) in [5.41, 5.74) is 0. The van der Waals surface area contributed by atoms with Crippen LogP contribution in [0.1, 0.15) is 20.8 Å². The average Bonchev–Trinajstić information content (AvgIpc) is 2.32. The Kier molecular flexibility index (Phi) is 8.78. The highest BCUT2D eigenvalue weighted by molar-refractivity contribution is 5.68. The molecule has 96 valence electrons. The van der Waals surface area contributed by atoms with Crippen molar-refractivity contribution in [2.45, 2.75) is 26.9 Å². The maximum atomic E-state index is 10.2. The molecular weight excluding hydrogens is 218 g/mol. The van der Waals surface area contributed by atoms with E-state index in [-0.39, 0.29) is 12.6 Å². The molecule has 0 bridgehead atoms. The topological polar surface area (TPSA) is 58.6 Å². The Hall–Kier alpha value is -1.55. The van der Waals surface area contributed by atoms with Crippen molar-refractivity contribution in [1.82, 2.24) is 5.32 Å². The van der Waals surface area contributed by atoms with Gasteiger partial charge in [0.25, 0.3) is 0 Å². The number of carboxylic acid groups (broad SMARTS) is 1. The second-order valence-electron chi connectivity index (χ2n) is 3.27. The van der Waals surface area contributed by atoms with Gasteiger partial charge in [-0.2, -0.15) is 0 Å². The van der Waals surface area contributed by atoms with E-state index in [1.165, 1.54) is 0 Å². The molecule has 2 N–H and O–H groups in total. The monoisotopic (exact) mass is 239 g/mol. The molecule has 1 aromatic carbocycles. The molecule has 0 saturated carbocycles. The number of para-hydroxylation sites is 1. The normalized spacial score (nSPS) is 11.0. The van der Waals surface area contributed by atoms with Crippen LogP contribution in [0.15, 0.2) is 30.3 Å². The molecule has 4 nitrogen and oxygen atoms in total. The quantitative estimate of drug-likeness (QED) is 0.798. The molecule has 0 radical (unpaired) electrons. The second-order valence-corrected chi connectivity index (χ2v) is 3.27. The van der Waals surface area contributed by atoms with E-state index in [1.54, 1.807) is 0 Å². The number of nitrogens with one attached hydrogen (secondary N) is 1. The summed E-state index contributed by atoms with van der Waals surface area (Å²) in [7, 11) is 0. The number of benzene rings is 1. The Morgan fingerprint density at radius 3 is 2.47 bits per heavy atom. The van der Waals surface area contributed by atoms with Crippen LogP contribution in [0.2, 0.25) is 0 Å². The molecule has 1 rings (SSSR count). The number of carbonyl (C=O) groups is 1. The molecule has 0 aliphatic heterocycles. The summed E-state index contributed by atoms with van der Waals surface area (Å²) in [5, 5.41) is 11.2. The van der Waals surface area contributed by atoms with E-state index < -0.39 is 5.97 Å². The minimum Gasteiger partial charge on any atom is -0.489 e. The van der Waals surface area contributed by atoms with Gasteiger partial charge in [0.15, 0.2) is 0 Å². The van der Waals surface area contributed by atoms with E-state index in [0.29, 0.717) is 6.54 Å². The summed E-state index contributed by atoms with van der Waals surface area (Å²) in [5.74, 6) is -0.0657. The molecule has 0 amide bonds. The van der Waals surface area contributed by atoms with Crippen LogP contribution in [-0.4, -0.2) is 30.3 Å². The predicted molar refractivity (Wildman–Crippen MR) is 68.4 cm³/mol. The molecule has 1 unspecified atom stereocenters. The Morgan fingerprint density at radius 2 is 1.94 bits per heavy atom. The first-order valence-corrected chi connectivity index (χ1v) is 5.82. The van der Waals surface area contributed by atoms with Crippen LogP contribution in [0.4, 0.5) is 0 Å². The van der Waals surface area contributed by atoms with Crippen molar-refractivity contribution in [3.8, 4) is 5.75 Å². The van der Waals surface area contributed by atoms with Crippen LogP contribution in [0, 0.1) is 0 Å². The fourth-order valence-electron chi connectivity index (χ4n) is 1.16. The number of aliphatic carboxylic acids is 1. The van der Waals surface area contributed by atoms with Crippen LogP contribution in [0.25, 0.3) is 0 Å². The van der Waals surface area contributed by atoms with E-state index in [9.17, 15) is 4.79 Å². The summed E-state index contributed by atoms with van der Waals surface area (Å²) in [6.07, 6.45) is -0.0493. The van der Waals surface area contributed by atoms with Gasteiger partial charge in [-0.15, -0.1) is 0 Å². The third kappa shape index (κ3) is 8.28. The zero-order valence-corrected chi connectivity index (χ0v) is 10.6. The highest BCUT2D eigenvalue weighted by Gasteiger charge is 2.04. The Balaban J connectivity index is 0.00000121. The summed E-state index contributed by atoms with van der Waals surface area (Å²) in [6.45, 7) is 6.37. The molecule has 0 aliphatic carbocycles. The molecular formula is C13H21NO3. The van der Waals surface area contributed by atoms with Gasteiger partial charge >= 0.3 is 5.97 Å². The third-order valence-corrected chi connectivity index (χ3v) is 1.79. The molecule has 0 spiro atoms. The van der Waals surface area contributed by atoms with Gasteiger partial charge in [-0.25, -0.2) is 0 Å². The maximum Gasteiger partial charge on any atom is 0.317 e. The van der Waals surface area contributed by atoms with Crippen molar-refractivity contribution < 1.29 is 14.6 Å². The highest BCUT2D eigenvalue weighted by Crippen LogP contribution is 2.10. The Morgan fingerprint density at radius 1 is 1.35 bits per heavy atom. The van der Waals surface area contributed by atoms with Gasteiger partial charge in [-0.3, -0.25) is 4.79 Å². The molecule has 0 saturated heterocycles. The van der Waals surface area contributed by atoms with E-state index >= 15 is 0 Å². The Labute approximate surface area is 103 Å². The lowest BCUT2D eigenvalue weighted by Gasteiger charge is -2.14. The molecule has 1 atom stereocenters. The van der Waals surface area contributed by atoms with E-state index in [2.05, 4.69) is 5.32 Å². The van der Waals surface area contributed by atoms with Gasteiger partial charge in [0.1, 0.15) is 11.9 Å². The van der Waals surface area contributed by atoms with E-state index in [0.717, 1.165) is 5.75 Å². The second kappa shape index (κ2) is 9.66. The maximum absolute atomic E-state index is 10.2. The first kappa shape index (κ1) is 15.4. The van der Waals surface area contributed by atoms with Crippen LogP contribution < -0.4 is 10.1 Å². The van der Waals surface area contributed by atoms with Crippen LogP contribution >= 0.6 is 0 Å². The van der Waals surface area contributed by atoms with Gasteiger partial charge < -0.3 is 15.2 Å². The lowest BCUT2D eigenvalue weighted by Crippen LogP contribution is -2.32. The molecule has 0 aromatic heterocycles. The third-order valence-electron chi connectivity index (χ3n) is 1.79. The summed E-state index contributed by atoms with van der Waals surface area (Å²) >= 11 is 0. The van der Waals surface area contributed by atoms with Gasteiger partial charge in [0.05, 0.1) is 6.54 Å². The standard InChI is InChI=1S/C11H15NO3.C2H6/c1-9(7-12-8-11(13)14)15-10-5-3-2-4-6-10;1-2/h2-6,9,12H,7-8H2,1H3,(H,13,14);1-2H3. The predicted octanol–water partition coefficient (Wildman–Crippen LogP) is 2.15. The van der Waals surface area contributed by atoms with Crippen molar-refractivity contribution in [1.29, 1.82) is 0 Å². The fraction of sp³-hybridized carbons (Fsp3) is 0.462. The van der Waals surface area contributed by atoms with Gasteiger partial charge in [0, 0.05) is 6.54 Å². The van der Waals surface area contributed by atoms with Gasteiger partial charge in [0.2, 0.25) is 0 Å². The minimum atomic E-state index is -0.859. The van der Waals surface area contributed by atoms with Crippen LogP contribution in [0.5, 0.6) is 5.75 Å². The lowest BCUT2D eigenvalue weighted by atomic mass is 10.3. The van der Waals surface area contributed by atoms with Crippen molar-refractivity contribution in [2.24, 2.45) is 0 Å². The Bertz CT molecular complexity index is 301. The fourth-order valence-corrected chi connectivity index (χ4v) is 1.16. The molecule has 17 heavy (non-hydrogen) atoms. The minimum absolute atomic E-state index is 0.0392. The number of ether oxygens (including phenoxy) is 1. The summed E-state index contributed by atoms with van der Waals surface area (Å²) in [6, 6.07) is 9.45. The van der Waals surface area contributed by atoms with Crippen molar-refractivity contribution >= 4 is 5.97 Å². The lowest BCUT2D eigenvalue weighted by molar-refractivity contribution is -0.136. The molecule has 0 fully saturated rings. The molecule has 1 aromatic rings. The van der Waals surface area contributed by atoms with Gasteiger partial charge in [-0.05, 0) is 19.1 Å². The molecule has 4 heteroatoms. The van der Waals surface area contributed by atoms with Crippen LogP contribution in [0.3, 0.4) is 0 Å². The van der Waals surface area contributed by atoms with Gasteiger partial charge in [-0.1, -0.05) is 32.0 Å². The summed E-state index contributed by atoms with van der Waals surface area (Å²) in [4.78, 5) is 10.2. The van der Waals surface area contributed by atoms with Crippen molar-refractivity contribution in [3.63, 3.8) is 0 Å². The zero-order valence-electron chi connectivity index (χ0n) is 10.6. The number of hydrogen-bond acceptors (Lipinski definition) is 3. The van der Waals surface area contributed by atoms with E-state index in [4.69, 9.17) is 9.84 Å². The van der Waals surface area contributed by atoms with Crippen molar-refractivity contribution in [3.05, 3.63) is 30.3 Å².